The Kier molecular flexibility index (Phi) is 3.30. The highest BCUT2D eigenvalue weighted by molar-refractivity contribution is 9.10. The van der Waals surface area contributed by atoms with Crippen LogP contribution in [0.1, 0.15) is 5.56 Å². The van der Waals surface area contributed by atoms with Crippen LogP contribution in [0.5, 0.6) is 0 Å². The van der Waals surface area contributed by atoms with Crippen molar-refractivity contribution in [3.8, 4) is 11.3 Å². The van der Waals surface area contributed by atoms with Gasteiger partial charge in [0.15, 0.2) is 0 Å². The van der Waals surface area contributed by atoms with Crippen molar-refractivity contribution >= 4 is 43.3 Å². The van der Waals surface area contributed by atoms with Crippen molar-refractivity contribution in [1.29, 1.82) is 0 Å². The maximum Gasteiger partial charge on any atom is 0.142 e. The Morgan fingerprint density at radius 3 is 2.70 bits per heavy atom. The largest absolute Gasteiger partial charge is 0.383 e. The number of aromatic nitrogens is 2. The summed E-state index contributed by atoms with van der Waals surface area (Å²) in [6.07, 6.45) is 1.87. The smallest absolute Gasteiger partial charge is 0.142 e. The van der Waals surface area contributed by atoms with Gasteiger partial charge in [-0.25, -0.2) is 9.37 Å². The molecule has 102 valence electrons. The molecule has 0 atom stereocenters. The molecular weight excluding hydrogens is 389 g/mol. The first-order valence-corrected chi connectivity index (χ1v) is 7.45. The van der Waals surface area contributed by atoms with Gasteiger partial charge in [0.05, 0.1) is 4.47 Å². The fourth-order valence-electron chi connectivity index (χ4n) is 2.14. The third kappa shape index (κ3) is 2.13. The number of rotatable bonds is 1. The number of benzene rings is 1. The Balaban J connectivity index is 2.29. The van der Waals surface area contributed by atoms with Crippen LogP contribution in [-0.2, 0) is 0 Å². The van der Waals surface area contributed by atoms with E-state index in [1.807, 2.05) is 23.6 Å². The molecule has 1 aromatic carbocycles. The number of halogens is 3. The molecular formula is C14H10Br2FN3. The minimum absolute atomic E-state index is 0.310. The summed E-state index contributed by atoms with van der Waals surface area (Å²) in [6.45, 7) is 1.97. The third-order valence-electron chi connectivity index (χ3n) is 3.10. The van der Waals surface area contributed by atoms with Gasteiger partial charge in [-0.05, 0) is 68.6 Å². The van der Waals surface area contributed by atoms with E-state index in [0.717, 1.165) is 21.2 Å². The zero-order valence-corrected chi connectivity index (χ0v) is 13.7. The van der Waals surface area contributed by atoms with Crippen molar-refractivity contribution in [2.45, 2.75) is 6.92 Å². The maximum atomic E-state index is 13.3. The van der Waals surface area contributed by atoms with E-state index in [1.54, 1.807) is 12.1 Å². The predicted octanol–water partition coefficient (Wildman–Crippen LogP) is 4.56. The van der Waals surface area contributed by atoms with Gasteiger partial charge in [0, 0.05) is 16.2 Å². The molecule has 0 saturated carbocycles. The number of hydrogen-bond donors (Lipinski definition) is 1. The molecule has 0 bridgehead atoms. The van der Waals surface area contributed by atoms with Crippen LogP contribution in [-0.4, -0.2) is 9.38 Å². The van der Waals surface area contributed by atoms with E-state index in [-0.39, 0.29) is 5.82 Å². The third-order valence-corrected chi connectivity index (χ3v) is 4.14. The lowest BCUT2D eigenvalue weighted by Gasteiger charge is -2.02. The molecule has 0 amide bonds. The van der Waals surface area contributed by atoms with Crippen molar-refractivity contribution in [2.75, 3.05) is 5.73 Å². The van der Waals surface area contributed by atoms with E-state index in [2.05, 4.69) is 36.8 Å². The predicted molar refractivity (Wildman–Crippen MR) is 85.1 cm³/mol. The molecule has 2 N–H and O–H groups in total. The van der Waals surface area contributed by atoms with Gasteiger partial charge in [0.1, 0.15) is 23.0 Å². The van der Waals surface area contributed by atoms with E-state index < -0.39 is 0 Å². The first kappa shape index (κ1) is 13.6. The number of hydrogen-bond acceptors (Lipinski definition) is 2. The van der Waals surface area contributed by atoms with Crippen LogP contribution in [0.25, 0.3) is 16.9 Å². The second kappa shape index (κ2) is 4.86. The van der Waals surface area contributed by atoms with Crippen LogP contribution in [0, 0.1) is 12.7 Å². The number of imidazole rings is 1. The summed E-state index contributed by atoms with van der Waals surface area (Å²) in [7, 11) is 0. The Labute approximate surface area is 131 Å². The molecule has 3 rings (SSSR count). The Morgan fingerprint density at radius 2 is 2.00 bits per heavy atom. The van der Waals surface area contributed by atoms with E-state index in [4.69, 9.17) is 5.73 Å². The van der Waals surface area contributed by atoms with Crippen LogP contribution < -0.4 is 5.73 Å². The molecule has 0 unspecified atom stereocenters. The van der Waals surface area contributed by atoms with Gasteiger partial charge >= 0.3 is 0 Å². The summed E-state index contributed by atoms with van der Waals surface area (Å²) in [5.74, 6) is 0.220. The van der Waals surface area contributed by atoms with Crippen molar-refractivity contribution < 1.29 is 4.39 Å². The van der Waals surface area contributed by atoms with Crippen molar-refractivity contribution in [1.82, 2.24) is 9.38 Å². The van der Waals surface area contributed by atoms with E-state index in [0.29, 0.717) is 16.0 Å². The summed E-state index contributed by atoms with van der Waals surface area (Å²) in [5, 5.41) is 0. The van der Waals surface area contributed by atoms with E-state index in [1.165, 1.54) is 6.07 Å². The number of aryl methyl sites for hydroxylation is 1. The summed E-state index contributed by atoms with van der Waals surface area (Å²) < 4.78 is 16.5. The van der Waals surface area contributed by atoms with Gasteiger partial charge in [-0.15, -0.1) is 0 Å². The Morgan fingerprint density at radius 1 is 1.25 bits per heavy atom. The molecule has 2 aromatic heterocycles. The van der Waals surface area contributed by atoms with Crippen LogP contribution >= 0.6 is 31.9 Å². The van der Waals surface area contributed by atoms with Crippen LogP contribution in [0.2, 0.25) is 0 Å². The number of fused-ring (bicyclic) bond motifs is 1. The van der Waals surface area contributed by atoms with Crippen molar-refractivity contribution in [3.05, 3.63) is 50.8 Å². The monoisotopic (exact) mass is 397 g/mol. The minimum Gasteiger partial charge on any atom is -0.383 e. The second-order valence-electron chi connectivity index (χ2n) is 4.51. The molecule has 3 nitrogen and oxygen atoms in total. The SMILES string of the molecule is Cc1cc(Br)cn2c(N)c(-c3ccc(F)c(Br)c3)nc12. The van der Waals surface area contributed by atoms with Gasteiger partial charge in [-0.2, -0.15) is 0 Å². The lowest BCUT2D eigenvalue weighted by atomic mass is 10.1. The average molecular weight is 399 g/mol. The minimum atomic E-state index is -0.310. The number of nitrogens with zero attached hydrogens (tertiary/aromatic N) is 2. The van der Waals surface area contributed by atoms with Crippen LogP contribution in [0.3, 0.4) is 0 Å². The lowest BCUT2D eigenvalue weighted by molar-refractivity contribution is 0.621. The molecule has 3 aromatic rings. The highest BCUT2D eigenvalue weighted by Crippen LogP contribution is 2.31. The lowest BCUT2D eigenvalue weighted by Crippen LogP contribution is -1.95. The Bertz CT molecular complexity index is 827. The van der Waals surface area contributed by atoms with Gasteiger partial charge in [0.2, 0.25) is 0 Å². The van der Waals surface area contributed by atoms with E-state index in [9.17, 15) is 4.39 Å². The average Bonchev–Trinajstić information content (AvgIpc) is 2.71. The number of pyridine rings is 1. The summed E-state index contributed by atoms with van der Waals surface area (Å²) in [6, 6.07) is 6.72. The zero-order chi connectivity index (χ0) is 14.4. The molecule has 20 heavy (non-hydrogen) atoms. The highest BCUT2D eigenvalue weighted by Gasteiger charge is 2.14. The normalized spacial score (nSPS) is 11.2. The molecule has 0 radical (unpaired) electrons. The first-order valence-electron chi connectivity index (χ1n) is 5.86. The molecule has 0 saturated heterocycles. The fraction of sp³-hybridized carbons (Fsp3) is 0.0714. The van der Waals surface area contributed by atoms with Gasteiger partial charge in [-0.3, -0.25) is 4.40 Å². The standard InChI is InChI=1S/C14H10Br2FN3/c1-7-4-9(15)6-20-13(18)12(19-14(7)20)8-2-3-11(17)10(16)5-8/h2-6H,18H2,1H3. The molecule has 0 aliphatic heterocycles. The molecule has 0 aliphatic carbocycles. The summed E-state index contributed by atoms with van der Waals surface area (Å²) >= 11 is 6.62. The molecule has 6 heteroatoms. The van der Waals surface area contributed by atoms with Crippen LogP contribution in [0.15, 0.2) is 39.4 Å². The quantitative estimate of drug-likeness (QED) is 0.653. The first-order chi connectivity index (χ1) is 9.47. The number of nitrogens with two attached hydrogens (primary N) is 1. The highest BCUT2D eigenvalue weighted by atomic mass is 79.9. The van der Waals surface area contributed by atoms with Gasteiger partial charge in [-0.1, -0.05) is 0 Å². The fourth-order valence-corrected chi connectivity index (χ4v) is 3.07. The molecule has 0 aliphatic rings. The maximum absolute atomic E-state index is 13.3. The Hall–Kier alpha value is -1.40. The van der Waals surface area contributed by atoms with E-state index >= 15 is 0 Å². The number of nitrogen functional groups attached to an aromatic ring is 1. The summed E-state index contributed by atoms with van der Waals surface area (Å²) in [4.78, 5) is 4.57. The molecule has 2 heterocycles. The van der Waals surface area contributed by atoms with Gasteiger partial charge < -0.3 is 5.73 Å². The zero-order valence-electron chi connectivity index (χ0n) is 10.5. The van der Waals surface area contributed by atoms with Crippen molar-refractivity contribution in [3.63, 3.8) is 0 Å². The second-order valence-corrected chi connectivity index (χ2v) is 6.28. The van der Waals surface area contributed by atoms with Gasteiger partial charge in [0.25, 0.3) is 0 Å². The topological polar surface area (TPSA) is 43.3 Å². The summed E-state index contributed by atoms with van der Waals surface area (Å²) in [5.41, 5.74) is 9.39. The van der Waals surface area contributed by atoms with Crippen LogP contribution in [0.4, 0.5) is 10.2 Å². The molecule has 0 spiro atoms. The number of anilines is 1. The molecule has 0 fully saturated rings. The van der Waals surface area contributed by atoms with Crippen molar-refractivity contribution in [2.24, 2.45) is 0 Å².